The molecule has 0 radical (unpaired) electrons. The third-order valence-electron chi connectivity index (χ3n) is 3.61. The van der Waals surface area contributed by atoms with Crippen molar-refractivity contribution < 1.29 is 0 Å². The van der Waals surface area contributed by atoms with E-state index in [9.17, 15) is 0 Å². The van der Waals surface area contributed by atoms with E-state index in [-0.39, 0.29) is 24.0 Å². The number of aryl methyl sites for hydroxylation is 2. The number of hydrogen-bond acceptors (Lipinski definition) is 3. The van der Waals surface area contributed by atoms with Gasteiger partial charge in [-0.15, -0.1) is 35.3 Å². The predicted molar refractivity (Wildman–Crippen MR) is 109 cm³/mol. The lowest BCUT2D eigenvalue weighted by molar-refractivity contribution is 0.728. The Bertz CT molecular complexity index is 665. The molecule has 128 valence electrons. The molecule has 5 nitrogen and oxygen atoms in total. The molecule has 0 spiro atoms. The van der Waals surface area contributed by atoms with Crippen LogP contribution in [0.2, 0.25) is 4.34 Å². The van der Waals surface area contributed by atoms with Gasteiger partial charge in [0.2, 0.25) is 0 Å². The van der Waals surface area contributed by atoms with E-state index in [0.717, 1.165) is 35.5 Å². The summed E-state index contributed by atoms with van der Waals surface area (Å²) < 4.78 is 2.74. The van der Waals surface area contributed by atoms with Crippen LogP contribution in [-0.4, -0.2) is 29.3 Å². The van der Waals surface area contributed by atoms with Crippen LogP contribution in [-0.2, 0) is 20.0 Å². The molecule has 0 aliphatic rings. The monoisotopic (exact) mass is 467 g/mol. The van der Waals surface area contributed by atoms with Gasteiger partial charge < -0.3 is 10.6 Å². The molecule has 2 aromatic heterocycles. The van der Waals surface area contributed by atoms with E-state index in [0.29, 0.717) is 0 Å². The van der Waals surface area contributed by atoms with Crippen LogP contribution >= 0.6 is 46.9 Å². The number of halogens is 2. The number of nitrogens with one attached hydrogen (secondary N) is 2. The van der Waals surface area contributed by atoms with Gasteiger partial charge in [-0.2, -0.15) is 5.10 Å². The topological polar surface area (TPSA) is 54.2 Å². The second kappa shape index (κ2) is 9.48. The Kier molecular flexibility index (Phi) is 8.35. The van der Waals surface area contributed by atoms with Gasteiger partial charge in [-0.3, -0.25) is 9.67 Å². The van der Waals surface area contributed by atoms with Crippen molar-refractivity contribution in [1.82, 2.24) is 20.4 Å². The Balaban J connectivity index is 0.00000264. The first kappa shape index (κ1) is 20.2. The van der Waals surface area contributed by atoms with E-state index < -0.39 is 0 Å². The highest BCUT2D eigenvalue weighted by atomic mass is 127. The summed E-state index contributed by atoms with van der Waals surface area (Å²) in [5.74, 6) is 0.797. The molecule has 0 atom stereocenters. The average molecular weight is 468 g/mol. The molecule has 8 heteroatoms. The largest absolute Gasteiger partial charge is 0.356 e. The highest BCUT2D eigenvalue weighted by molar-refractivity contribution is 14.0. The van der Waals surface area contributed by atoms with Gasteiger partial charge in [0.25, 0.3) is 0 Å². The Labute approximate surface area is 163 Å². The quantitative estimate of drug-likeness (QED) is 0.403. The van der Waals surface area contributed by atoms with E-state index in [2.05, 4.69) is 33.7 Å². The summed E-state index contributed by atoms with van der Waals surface area (Å²) in [4.78, 5) is 5.52. The smallest absolute Gasteiger partial charge is 0.191 e. The number of guanidine groups is 1. The van der Waals surface area contributed by atoms with Gasteiger partial charge in [-0.1, -0.05) is 11.6 Å². The SMILES string of the molecule is CN=C(NCCc1ccc(Cl)s1)NCc1c(C)nn(C)c1C.I. The van der Waals surface area contributed by atoms with Crippen LogP contribution < -0.4 is 10.6 Å². The molecule has 2 N–H and O–H groups in total. The zero-order chi connectivity index (χ0) is 16.1. The van der Waals surface area contributed by atoms with Gasteiger partial charge >= 0.3 is 0 Å². The summed E-state index contributed by atoms with van der Waals surface area (Å²) in [7, 11) is 3.74. The summed E-state index contributed by atoms with van der Waals surface area (Å²) in [6.07, 6.45) is 0.934. The maximum absolute atomic E-state index is 5.93. The van der Waals surface area contributed by atoms with Crippen LogP contribution in [0, 0.1) is 13.8 Å². The third kappa shape index (κ3) is 5.65. The zero-order valence-electron chi connectivity index (χ0n) is 13.8. The Morgan fingerprint density at radius 1 is 1.35 bits per heavy atom. The van der Waals surface area contributed by atoms with E-state index in [1.807, 2.05) is 24.7 Å². The van der Waals surface area contributed by atoms with Crippen LogP contribution in [0.3, 0.4) is 0 Å². The second-order valence-corrected chi connectivity index (χ2v) is 6.88. The zero-order valence-corrected chi connectivity index (χ0v) is 17.7. The highest BCUT2D eigenvalue weighted by Crippen LogP contribution is 2.21. The summed E-state index contributed by atoms with van der Waals surface area (Å²) in [6, 6.07) is 4.00. The first-order valence-electron chi connectivity index (χ1n) is 7.19. The van der Waals surface area contributed by atoms with Gasteiger partial charge in [0.15, 0.2) is 5.96 Å². The lowest BCUT2D eigenvalue weighted by Crippen LogP contribution is -2.38. The number of rotatable bonds is 5. The first-order valence-corrected chi connectivity index (χ1v) is 8.38. The van der Waals surface area contributed by atoms with Crippen LogP contribution in [0.25, 0.3) is 0 Å². The van der Waals surface area contributed by atoms with Crippen molar-refractivity contribution >= 4 is 52.9 Å². The minimum absolute atomic E-state index is 0. The molecule has 0 aliphatic carbocycles. The molecule has 0 aromatic carbocycles. The van der Waals surface area contributed by atoms with Crippen molar-refractivity contribution in [2.45, 2.75) is 26.8 Å². The minimum Gasteiger partial charge on any atom is -0.356 e. The average Bonchev–Trinajstić information content (AvgIpc) is 2.99. The van der Waals surface area contributed by atoms with Crippen molar-refractivity contribution in [2.24, 2.45) is 12.0 Å². The fourth-order valence-electron chi connectivity index (χ4n) is 2.26. The molecule has 0 fully saturated rings. The van der Waals surface area contributed by atoms with Gasteiger partial charge in [0.05, 0.1) is 10.0 Å². The van der Waals surface area contributed by atoms with Crippen molar-refractivity contribution in [2.75, 3.05) is 13.6 Å². The molecule has 0 bridgehead atoms. The first-order chi connectivity index (χ1) is 10.5. The van der Waals surface area contributed by atoms with Crippen molar-refractivity contribution in [1.29, 1.82) is 0 Å². The van der Waals surface area contributed by atoms with E-state index in [4.69, 9.17) is 11.6 Å². The molecular formula is C15H23ClIN5S. The van der Waals surface area contributed by atoms with Crippen molar-refractivity contribution in [3.8, 4) is 0 Å². The molecule has 0 aliphatic heterocycles. The summed E-state index contributed by atoms with van der Waals surface area (Å²) in [5, 5.41) is 11.1. The molecule has 0 amide bonds. The number of hydrogen-bond donors (Lipinski definition) is 2. The van der Waals surface area contributed by atoms with Gasteiger partial charge in [-0.25, -0.2) is 0 Å². The maximum Gasteiger partial charge on any atom is 0.191 e. The fourth-order valence-corrected chi connectivity index (χ4v) is 3.34. The molecule has 2 aromatic rings. The summed E-state index contributed by atoms with van der Waals surface area (Å²) in [6.45, 7) is 5.64. The second-order valence-electron chi connectivity index (χ2n) is 5.08. The van der Waals surface area contributed by atoms with Gasteiger partial charge in [0.1, 0.15) is 0 Å². The lowest BCUT2D eigenvalue weighted by Gasteiger charge is -2.11. The summed E-state index contributed by atoms with van der Waals surface area (Å²) >= 11 is 7.55. The normalized spacial score (nSPS) is 11.3. The Morgan fingerprint density at radius 3 is 2.61 bits per heavy atom. The van der Waals surface area contributed by atoms with Crippen LogP contribution in [0.15, 0.2) is 17.1 Å². The molecule has 0 saturated carbocycles. The molecule has 2 heterocycles. The van der Waals surface area contributed by atoms with Crippen molar-refractivity contribution in [3.63, 3.8) is 0 Å². The van der Waals surface area contributed by atoms with Gasteiger partial charge in [-0.05, 0) is 32.4 Å². The molecule has 0 unspecified atom stereocenters. The number of thiophene rings is 1. The minimum atomic E-state index is 0. The standard InChI is InChI=1S/C15H22ClN5S.HI/c1-10-13(11(2)21(4)20-10)9-19-15(17-3)18-8-7-12-5-6-14(16)22-12;/h5-6H,7-9H2,1-4H3,(H2,17,18,19);1H. The Hall–Kier alpha value is -0.800. The van der Waals surface area contributed by atoms with E-state index >= 15 is 0 Å². The summed E-state index contributed by atoms with van der Waals surface area (Å²) in [5.41, 5.74) is 3.44. The lowest BCUT2D eigenvalue weighted by atomic mass is 10.2. The Morgan fingerprint density at radius 2 is 2.09 bits per heavy atom. The number of aliphatic imine (C=N–C) groups is 1. The predicted octanol–water partition coefficient (Wildman–Crippen LogP) is 3.28. The fraction of sp³-hybridized carbons (Fsp3) is 0.467. The van der Waals surface area contributed by atoms with Crippen LogP contribution in [0.1, 0.15) is 21.8 Å². The van der Waals surface area contributed by atoms with E-state index in [1.165, 1.54) is 16.1 Å². The number of nitrogens with zero attached hydrogens (tertiary/aromatic N) is 3. The molecular weight excluding hydrogens is 445 g/mol. The van der Waals surface area contributed by atoms with Crippen LogP contribution in [0.4, 0.5) is 0 Å². The van der Waals surface area contributed by atoms with Gasteiger partial charge in [0, 0.05) is 43.3 Å². The van der Waals surface area contributed by atoms with Crippen LogP contribution in [0.5, 0.6) is 0 Å². The maximum atomic E-state index is 5.93. The number of aromatic nitrogens is 2. The molecule has 0 saturated heterocycles. The van der Waals surface area contributed by atoms with Crippen molar-refractivity contribution in [3.05, 3.63) is 38.3 Å². The van der Waals surface area contributed by atoms with E-state index in [1.54, 1.807) is 18.4 Å². The molecule has 23 heavy (non-hydrogen) atoms. The molecule has 2 rings (SSSR count). The third-order valence-corrected chi connectivity index (χ3v) is 4.90. The highest BCUT2D eigenvalue weighted by Gasteiger charge is 2.09.